The second-order valence-corrected chi connectivity index (χ2v) is 5.59. The molecule has 2 aromatic rings. The predicted octanol–water partition coefficient (Wildman–Crippen LogP) is 3.04. The first-order valence-corrected chi connectivity index (χ1v) is 7.54. The Bertz CT molecular complexity index is 848. The van der Waals surface area contributed by atoms with E-state index in [0.29, 0.717) is 0 Å². The Kier molecular flexibility index (Phi) is 5.82. The number of aliphatic carboxylic acids is 1. The molecule has 1 unspecified atom stereocenters. The Morgan fingerprint density at radius 3 is 2.52 bits per heavy atom. The zero-order valence-electron chi connectivity index (χ0n) is 13.8. The Morgan fingerprint density at radius 1 is 1.30 bits per heavy atom. The van der Waals surface area contributed by atoms with Gasteiger partial charge in [-0.1, -0.05) is 6.07 Å². The Labute approximate surface area is 149 Å². The lowest BCUT2D eigenvalue weighted by Gasteiger charge is -2.14. The summed E-state index contributed by atoms with van der Waals surface area (Å²) in [6.45, 7) is 1.38. The first-order chi connectivity index (χ1) is 12.5. The summed E-state index contributed by atoms with van der Waals surface area (Å²) in [6, 6.07) is 2.40. The number of aromatic nitrogens is 2. The second-order valence-electron chi connectivity index (χ2n) is 5.59. The van der Waals surface area contributed by atoms with Crippen molar-refractivity contribution in [1.82, 2.24) is 15.1 Å². The summed E-state index contributed by atoms with van der Waals surface area (Å²) >= 11 is 0. The van der Waals surface area contributed by atoms with Crippen LogP contribution in [0, 0.1) is 6.92 Å². The van der Waals surface area contributed by atoms with Crippen LogP contribution in [0.5, 0.6) is 0 Å². The van der Waals surface area contributed by atoms with Crippen LogP contribution in [-0.4, -0.2) is 39.2 Å². The minimum Gasteiger partial charge on any atom is -0.480 e. The molecular formula is C16H14F5N3O3. The number of carbonyl (C=O) groups is 2. The molecular weight excluding hydrogens is 377 g/mol. The molecule has 2 rings (SSSR count). The van der Waals surface area contributed by atoms with Crippen molar-refractivity contribution in [3.63, 3.8) is 0 Å². The molecule has 27 heavy (non-hydrogen) atoms. The number of hydrogen-bond donors (Lipinski definition) is 2. The van der Waals surface area contributed by atoms with Gasteiger partial charge in [0.25, 0.3) is 5.91 Å². The highest BCUT2D eigenvalue weighted by molar-refractivity contribution is 5.97. The molecule has 0 radical (unpaired) electrons. The zero-order valence-corrected chi connectivity index (χ0v) is 13.8. The summed E-state index contributed by atoms with van der Waals surface area (Å²) in [6.07, 6.45) is -7.57. The summed E-state index contributed by atoms with van der Waals surface area (Å²) < 4.78 is 64.4. The lowest BCUT2D eigenvalue weighted by molar-refractivity contribution is -0.140. The van der Waals surface area contributed by atoms with Crippen molar-refractivity contribution in [2.45, 2.75) is 32.0 Å². The molecule has 1 aromatic heterocycles. The predicted molar refractivity (Wildman–Crippen MR) is 82.8 cm³/mol. The lowest BCUT2D eigenvalue weighted by Crippen LogP contribution is -2.42. The fraction of sp³-hybridized carbons (Fsp3) is 0.312. The van der Waals surface area contributed by atoms with Crippen molar-refractivity contribution in [3.05, 3.63) is 47.3 Å². The third-order valence-electron chi connectivity index (χ3n) is 3.69. The van der Waals surface area contributed by atoms with Gasteiger partial charge in [-0.25, -0.2) is 18.3 Å². The average Bonchev–Trinajstić information content (AvgIpc) is 2.94. The molecule has 11 heteroatoms. The standard InChI is InChI=1S/C16H14F5N3O3/c1-8-11(14(25)23-12(15(26)27)6-13(17)18)7-22-24(8)10-4-2-3-9(5-10)16(19,20)21/h2-5,7,12-13H,6H2,1H3,(H,23,25)(H,26,27). The van der Waals surface area contributed by atoms with Gasteiger partial charge in [0.2, 0.25) is 6.43 Å². The van der Waals surface area contributed by atoms with E-state index in [1.165, 1.54) is 19.1 Å². The number of rotatable bonds is 6. The Balaban J connectivity index is 2.29. The van der Waals surface area contributed by atoms with Crippen molar-refractivity contribution in [3.8, 4) is 5.69 Å². The highest BCUT2D eigenvalue weighted by Gasteiger charge is 2.31. The smallest absolute Gasteiger partial charge is 0.416 e. The van der Waals surface area contributed by atoms with Gasteiger partial charge in [-0.05, 0) is 25.1 Å². The Hall–Kier alpha value is -2.98. The van der Waals surface area contributed by atoms with E-state index in [-0.39, 0.29) is 16.9 Å². The van der Waals surface area contributed by atoms with E-state index < -0.39 is 42.5 Å². The molecule has 0 spiro atoms. The first-order valence-electron chi connectivity index (χ1n) is 7.54. The van der Waals surface area contributed by atoms with Crippen molar-refractivity contribution < 1.29 is 36.6 Å². The number of carboxylic acids is 1. The molecule has 2 N–H and O–H groups in total. The van der Waals surface area contributed by atoms with Crippen LogP contribution >= 0.6 is 0 Å². The minimum atomic E-state index is -4.57. The van der Waals surface area contributed by atoms with Crippen molar-refractivity contribution >= 4 is 11.9 Å². The number of amides is 1. The van der Waals surface area contributed by atoms with Gasteiger partial charge in [0.1, 0.15) is 6.04 Å². The zero-order chi connectivity index (χ0) is 20.4. The SMILES string of the molecule is Cc1c(C(=O)NC(CC(F)F)C(=O)O)cnn1-c1cccc(C(F)(F)F)c1. The summed E-state index contributed by atoms with van der Waals surface area (Å²) in [5.41, 5.74) is -0.909. The van der Waals surface area contributed by atoms with Crippen LogP contribution < -0.4 is 5.32 Å². The molecule has 0 aliphatic carbocycles. The van der Waals surface area contributed by atoms with Gasteiger partial charge in [0, 0.05) is 6.42 Å². The quantitative estimate of drug-likeness (QED) is 0.742. The molecule has 146 valence electrons. The molecule has 0 saturated carbocycles. The fourth-order valence-corrected chi connectivity index (χ4v) is 2.34. The van der Waals surface area contributed by atoms with E-state index in [4.69, 9.17) is 5.11 Å². The fourth-order valence-electron chi connectivity index (χ4n) is 2.34. The van der Waals surface area contributed by atoms with Crippen LogP contribution in [0.25, 0.3) is 5.69 Å². The van der Waals surface area contributed by atoms with E-state index in [9.17, 15) is 31.5 Å². The topological polar surface area (TPSA) is 84.2 Å². The van der Waals surface area contributed by atoms with Gasteiger partial charge in [0.05, 0.1) is 28.7 Å². The lowest BCUT2D eigenvalue weighted by atomic mass is 10.1. The van der Waals surface area contributed by atoms with Crippen LogP contribution in [0.4, 0.5) is 22.0 Å². The number of benzene rings is 1. The molecule has 0 fully saturated rings. The van der Waals surface area contributed by atoms with Crippen LogP contribution in [0.15, 0.2) is 30.5 Å². The summed E-state index contributed by atoms with van der Waals surface area (Å²) in [5, 5.41) is 14.7. The molecule has 6 nitrogen and oxygen atoms in total. The van der Waals surface area contributed by atoms with Crippen LogP contribution in [-0.2, 0) is 11.0 Å². The molecule has 0 aliphatic rings. The number of nitrogens with one attached hydrogen (secondary N) is 1. The van der Waals surface area contributed by atoms with Gasteiger partial charge < -0.3 is 10.4 Å². The van der Waals surface area contributed by atoms with E-state index >= 15 is 0 Å². The maximum absolute atomic E-state index is 12.8. The maximum Gasteiger partial charge on any atom is 0.416 e. The van der Waals surface area contributed by atoms with E-state index in [0.717, 1.165) is 23.0 Å². The normalized spacial score (nSPS) is 12.9. The van der Waals surface area contributed by atoms with E-state index in [2.05, 4.69) is 5.10 Å². The van der Waals surface area contributed by atoms with E-state index in [1.54, 1.807) is 0 Å². The maximum atomic E-state index is 12.8. The molecule has 0 saturated heterocycles. The number of nitrogens with zero attached hydrogens (tertiary/aromatic N) is 2. The minimum absolute atomic E-state index is 0.0312. The molecule has 1 heterocycles. The van der Waals surface area contributed by atoms with Gasteiger partial charge in [-0.15, -0.1) is 0 Å². The van der Waals surface area contributed by atoms with Crippen molar-refractivity contribution in [1.29, 1.82) is 0 Å². The third-order valence-corrected chi connectivity index (χ3v) is 3.69. The van der Waals surface area contributed by atoms with Crippen LogP contribution in [0.1, 0.15) is 28.0 Å². The second kappa shape index (κ2) is 7.72. The molecule has 1 aromatic carbocycles. The summed E-state index contributed by atoms with van der Waals surface area (Å²) in [4.78, 5) is 23.1. The number of halogens is 5. The highest BCUT2D eigenvalue weighted by Crippen LogP contribution is 2.30. The molecule has 1 amide bonds. The molecule has 0 bridgehead atoms. The number of carboxylic acid groups (broad SMARTS) is 1. The first kappa shape index (κ1) is 20.3. The monoisotopic (exact) mass is 391 g/mol. The van der Waals surface area contributed by atoms with Crippen molar-refractivity contribution in [2.75, 3.05) is 0 Å². The van der Waals surface area contributed by atoms with Gasteiger partial charge in [0.15, 0.2) is 0 Å². The largest absolute Gasteiger partial charge is 0.480 e. The molecule has 1 atom stereocenters. The summed E-state index contributed by atoms with van der Waals surface area (Å²) in [5.74, 6) is -2.61. The van der Waals surface area contributed by atoms with Crippen molar-refractivity contribution in [2.24, 2.45) is 0 Å². The summed E-state index contributed by atoms with van der Waals surface area (Å²) in [7, 11) is 0. The molecule has 0 aliphatic heterocycles. The number of hydrogen-bond acceptors (Lipinski definition) is 3. The van der Waals surface area contributed by atoms with Gasteiger partial charge in [-0.2, -0.15) is 18.3 Å². The number of alkyl halides is 5. The third kappa shape index (κ3) is 4.80. The van der Waals surface area contributed by atoms with Crippen LogP contribution in [0.2, 0.25) is 0 Å². The van der Waals surface area contributed by atoms with Crippen LogP contribution in [0.3, 0.4) is 0 Å². The van der Waals surface area contributed by atoms with Gasteiger partial charge in [-0.3, -0.25) is 4.79 Å². The van der Waals surface area contributed by atoms with Gasteiger partial charge >= 0.3 is 12.1 Å². The average molecular weight is 391 g/mol. The number of carbonyl (C=O) groups excluding carboxylic acids is 1. The van der Waals surface area contributed by atoms with E-state index in [1.807, 2.05) is 5.32 Å². The highest BCUT2D eigenvalue weighted by atomic mass is 19.4. The Morgan fingerprint density at radius 2 is 1.96 bits per heavy atom.